The van der Waals surface area contributed by atoms with E-state index in [0.29, 0.717) is 0 Å². The second-order valence-electron chi connectivity index (χ2n) is 2.25. The van der Waals surface area contributed by atoms with Gasteiger partial charge in [-0.2, -0.15) is 0 Å². The molecular formula is C6H14N2O6. The fraction of sp³-hybridized carbons (Fsp3) is 0.667. The first-order valence-corrected chi connectivity index (χ1v) is 3.55. The number of hydrogen-bond acceptors (Lipinski definition) is 6. The lowest BCUT2D eigenvalue weighted by atomic mass is 10.3. The molecule has 0 amide bonds. The lowest BCUT2D eigenvalue weighted by Gasteiger charge is -1.96. The molecule has 0 saturated carbocycles. The summed E-state index contributed by atoms with van der Waals surface area (Å²) in [5, 5.41) is 31.8. The topological polar surface area (TPSA) is 167 Å². The molecule has 0 unspecified atom stereocenters. The Hall–Kier alpha value is -1.22. The van der Waals surface area contributed by atoms with E-state index < -0.39 is 37.2 Å². The summed E-state index contributed by atoms with van der Waals surface area (Å²) in [7, 11) is 0. The smallest absolute Gasteiger partial charge is 0.322 e. The molecule has 0 aromatic rings. The summed E-state index contributed by atoms with van der Waals surface area (Å²) in [5.74, 6) is -2.36. The molecule has 0 rings (SSSR count). The van der Waals surface area contributed by atoms with Crippen molar-refractivity contribution >= 4 is 11.9 Å². The van der Waals surface area contributed by atoms with Gasteiger partial charge in [-0.1, -0.05) is 0 Å². The van der Waals surface area contributed by atoms with Crippen LogP contribution in [0, 0.1) is 0 Å². The van der Waals surface area contributed by atoms with Crippen LogP contribution in [0.15, 0.2) is 0 Å². The standard InChI is InChI=1S/2C3H7NO3/c2*4-2(1-5)3(6)7/h2*2,5H,1,4H2,(H,6,7)/t2*2-/m10/s1. The molecule has 0 aromatic carbocycles. The Balaban J connectivity index is 0. The van der Waals surface area contributed by atoms with Crippen LogP contribution in [0.25, 0.3) is 0 Å². The molecular weight excluding hydrogens is 196 g/mol. The number of hydrogen-bond donors (Lipinski definition) is 6. The van der Waals surface area contributed by atoms with E-state index in [2.05, 4.69) is 0 Å². The van der Waals surface area contributed by atoms with Crippen LogP contribution in [-0.2, 0) is 9.59 Å². The van der Waals surface area contributed by atoms with Gasteiger partial charge < -0.3 is 31.9 Å². The Kier molecular flexibility index (Phi) is 9.14. The van der Waals surface area contributed by atoms with E-state index in [0.717, 1.165) is 0 Å². The molecule has 0 aliphatic rings. The zero-order valence-corrected chi connectivity index (χ0v) is 7.33. The van der Waals surface area contributed by atoms with Gasteiger partial charge in [-0.15, -0.1) is 0 Å². The number of nitrogens with two attached hydrogens (primary N) is 2. The summed E-state index contributed by atoms with van der Waals surface area (Å²) >= 11 is 0. The van der Waals surface area contributed by atoms with E-state index in [9.17, 15) is 9.59 Å². The van der Waals surface area contributed by atoms with Gasteiger partial charge in [0.1, 0.15) is 12.1 Å². The van der Waals surface area contributed by atoms with Crippen LogP contribution in [-0.4, -0.2) is 57.7 Å². The third-order valence-electron chi connectivity index (χ3n) is 1.03. The summed E-state index contributed by atoms with van der Waals surface area (Å²) in [6, 6.07) is -2.25. The Morgan fingerprint density at radius 1 is 0.929 bits per heavy atom. The molecule has 0 aliphatic carbocycles. The largest absolute Gasteiger partial charge is 0.480 e. The third-order valence-corrected chi connectivity index (χ3v) is 1.03. The van der Waals surface area contributed by atoms with Crippen molar-refractivity contribution < 1.29 is 30.0 Å². The van der Waals surface area contributed by atoms with Crippen molar-refractivity contribution in [2.45, 2.75) is 12.1 Å². The van der Waals surface area contributed by atoms with Crippen LogP contribution < -0.4 is 11.5 Å². The SMILES string of the molecule is N[C@@H](CO)C(=O)O.N[C@H](CO)C(=O)O. The maximum atomic E-state index is 9.65. The Morgan fingerprint density at radius 3 is 1.14 bits per heavy atom. The molecule has 14 heavy (non-hydrogen) atoms. The van der Waals surface area contributed by atoms with E-state index in [4.69, 9.17) is 31.9 Å². The molecule has 84 valence electrons. The highest BCUT2D eigenvalue weighted by Crippen LogP contribution is 1.71. The average Bonchev–Trinajstić information content (AvgIpc) is 2.15. The fourth-order valence-corrected chi connectivity index (χ4v) is 0.156. The number of carboxylic acid groups (broad SMARTS) is 2. The first kappa shape index (κ1) is 15.3. The van der Waals surface area contributed by atoms with Gasteiger partial charge in [-0.3, -0.25) is 9.59 Å². The van der Waals surface area contributed by atoms with Gasteiger partial charge >= 0.3 is 11.9 Å². The van der Waals surface area contributed by atoms with Gasteiger partial charge in [-0.05, 0) is 0 Å². The molecule has 0 fully saturated rings. The van der Waals surface area contributed by atoms with E-state index in [1.807, 2.05) is 0 Å². The van der Waals surface area contributed by atoms with Crippen LogP contribution in [0.4, 0.5) is 0 Å². The Labute approximate surface area is 79.7 Å². The number of aliphatic carboxylic acids is 2. The molecule has 0 aromatic heterocycles. The third kappa shape index (κ3) is 8.87. The Morgan fingerprint density at radius 2 is 1.14 bits per heavy atom. The number of carboxylic acids is 2. The van der Waals surface area contributed by atoms with Crippen molar-refractivity contribution in [3.05, 3.63) is 0 Å². The number of carbonyl (C=O) groups is 2. The van der Waals surface area contributed by atoms with Crippen LogP contribution in [0.2, 0.25) is 0 Å². The number of aliphatic hydroxyl groups excluding tert-OH is 2. The van der Waals surface area contributed by atoms with Crippen molar-refractivity contribution in [3.63, 3.8) is 0 Å². The van der Waals surface area contributed by atoms with E-state index in [-0.39, 0.29) is 0 Å². The van der Waals surface area contributed by atoms with Crippen molar-refractivity contribution in [2.24, 2.45) is 11.5 Å². The van der Waals surface area contributed by atoms with Crippen LogP contribution in [0.5, 0.6) is 0 Å². The van der Waals surface area contributed by atoms with Crippen molar-refractivity contribution in [3.8, 4) is 0 Å². The van der Waals surface area contributed by atoms with Crippen molar-refractivity contribution in [1.82, 2.24) is 0 Å². The maximum absolute atomic E-state index is 9.65. The highest BCUT2D eigenvalue weighted by Gasteiger charge is 2.07. The first-order chi connectivity index (χ1) is 6.36. The van der Waals surface area contributed by atoms with Gasteiger partial charge in [0.15, 0.2) is 0 Å². The minimum absolute atomic E-state index is 0.505. The minimum Gasteiger partial charge on any atom is -0.480 e. The molecule has 0 spiro atoms. The second kappa shape index (κ2) is 8.38. The molecule has 2 atom stereocenters. The summed E-state index contributed by atoms with van der Waals surface area (Å²) in [4.78, 5) is 19.3. The monoisotopic (exact) mass is 210 g/mol. The van der Waals surface area contributed by atoms with Gasteiger partial charge in [-0.25, -0.2) is 0 Å². The average molecular weight is 210 g/mol. The van der Waals surface area contributed by atoms with Gasteiger partial charge in [0.25, 0.3) is 0 Å². The second-order valence-corrected chi connectivity index (χ2v) is 2.25. The summed E-state index contributed by atoms with van der Waals surface area (Å²) in [6.45, 7) is -1.01. The van der Waals surface area contributed by atoms with Gasteiger partial charge in [0.2, 0.25) is 0 Å². The van der Waals surface area contributed by atoms with Gasteiger partial charge in [0, 0.05) is 0 Å². The zero-order chi connectivity index (χ0) is 11.7. The molecule has 0 heterocycles. The number of aliphatic hydroxyl groups is 2. The highest BCUT2D eigenvalue weighted by molar-refractivity contribution is 5.73. The molecule has 0 aliphatic heterocycles. The molecule has 0 bridgehead atoms. The molecule has 0 radical (unpaired) electrons. The zero-order valence-electron chi connectivity index (χ0n) is 7.33. The lowest BCUT2D eigenvalue weighted by Crippen LogP contribution is -2.33. The fourth-order valence-electron chi connectivity index (χ4n) is 0.156. The highest BCUT2D eigenvalue weighted by atomic mass is 16.4. The van der Waals surface area contributed by atoms with Crippen molar-refractivity contribution in [1.29, 1.82) is 0 Å². The van der Waals surface area contributed by atoms with Crippen LogP contribution >= 0.6 is 0 Å². The maximum Gasteiger partial charge on any atom is 0.322 e. The first-order valence-electron chi connectivity index (χ1n) is 3.55. The Bertz CT molecular complexity index is 165. The summed E-state index contributed by atoms with van der Waals surface area (Å²) in [6.07, 6.45) is 0. The minimum atomic E-state index is -1.18. The van der Waals surface area contributed by atoms with Crippen LogP contribution in [0.1, 0.15) is 0 Å². The number of rotatable bonds is 4. The van der Waals surface area contributed by atoms with Crippen molar-refractivity contribution in [2.75, 3.05) is 13.2 Å². The molecule has 8 heteroatoms. The van der Waals surface area contributed by atoms with Gasteiger partial charge in [0.05, 0.1) is 13.2 Å². The molecule has 0 saturated heterocycles. The summed E-state index contributed by atoms with van der Waals surface area (Å²) < 4.78 is 0. The van der Waals surface area contributed by atoms with Crippen LogP contribution in [0.3, 0.4) is 0 Å². The molecule has 8 nitrogen and oxygen atoms in total. The van der Waals surface area contributed by atoms with E-state index in [1.54, 1.807) is 0 Å². The van der Waals surface area contributed by atoms with E-state index in [1.165, 1.54) is 0 Å². The summed E-state index contributed by atoms with van der Waals surface area (Å²) in [5.41, 5.74) is 9.53. The molecule has 8 N–H and O–H groups in total. The lowest BCUT2D eigenvalue weighted by molar-refractivity contribution is -0.140. The van der Waals surface area contributed by atoms with E-state index >= 15 is 0 Å². The quantitative estimate of drug-likeness (QED) is 0.281. The predicted octanol–water partition coefficient (Wildman–Crippen LogP) is -3.22. The predicted molar refractivity (Wildman–Crippen MR) is 45.4 cm³/mol. The normalized spacial score (nSPS) is 13.4.